The van der Waals surface area contributed by atoms with Crippen LogP contribution in [-0.2, 0) is 35.5 Å². The molecule has 46 heavy (non-hydrogen) atoms. The van der Waals surface area contributed by atoms with Gasteiger partial charge in [0.25, 0.3) is 5.56 Å². The molecule has 1 aromatic heterocycles. The maximum atomic E-state index is 14.0. The molecular formula is C40H64N2O4. The Balaban J connectivity index is 1.54. The van der Waals surface area contributed by atoms with E-state index in [9.17, 15) is 9.59 Å². The molecular weight excluding hydrogens is 572 g/mol. The molecule has 0 fully saturated rings. The summed E-state index contributed by atoms with van der Waals surface area (Å²) in [5.74, 6) is 0.110. The first-order chi connectivity index (χ1) is 22.2. The first kappa shape index (κ1) is 37.9. The number of aryl methyl sites for hydroxylation is 3. The van der Waals surface area contributed by atoms with Crippen LogP contribution in [-0.4, -0.2) is 28.5 Å². The van der Waals surface area contributed by atoms with Crippen LogP contribution in [0.1, 0.15) is 148 Å². The van der Waals surface area contributed by atoms with Crippen LogP contribution in [0.15, 0.2) is 29.1 Å². The van der Waals surface area contributed by atoms with Crippen LogP contribution in [0.5, 0.6) is 5.88 Å². The number of carbonyl (C=O) groups is 1. The number of rotatable bonds is 21. The quantitative estimate of drug-likeness (QED) is 0.0777. The Bertz CT molecular complexity index is 1270. The van der Waals surface area contributed by atoms with E-state index in [1.54, 1.807) is 4.68 Å². The molecule has 2 heterocycles. The van der Waals surface area contributed by atoms with E-state index in [4.69, 9.17) is 9.47 Å². The van der Waals surface area contributed by atoms with E-state index in [0.29, 0.717) is 37.7 Å². The van der Waals surface area contributed by atoms with E-state index in [-0.39, 0.29) is 11.5 Å². The number of fused-ring (bicyclic) bond motifs is 1. The summed E-state index contributed by atoms with van der Waals surface area (Å²) in [6.45, 7) is 14.4. The minimum absolute atomic E-state index is 0.104. The maximum Gasteiger partial charge on any atom is 0.318 e. The SMILES string of the molecule is CCCCCCCC/C=C\CCCCCCCCC(C)(C)C(=O)Oc1c(-c2c(CC)cc(C)cc2CC)c(=O)n2n1CCOCC2. The summed E-state index contributed by atoms with van der Waals surface area (Å²) in [5, 5.41) is 0. The molecule has 1 aliphatic heterocycles. The summed E-state index contributed by atoms with van der Waals surface area (Å²) in [6.07, 6.45) is 24.8. The predicted molar refractivity (Wildman–Crippen MR) is 192 cm³/mol. The van der Waals surface area contributed by atoms with Gasteiger partial charge in [0.05, 0.1) is 31.7 Å². The van der Waals surface area contributed by atoms with Crippen LogP contribution < -0.4 is 10.3 Å². The third kappa shape index (κ3) is 11.0. The van der Waals surface area contributed by atoms with Gasteiger partial charge in [0, 0.05) is 0 Å². The number of unbranched alkanes of at least 4 members (excludes halogenated alkanes) is 12. The fraction of sp³-hybridized carbons (Fsp3) is 0.700. The van der Waals surface area contributed by atoms with Crippen molar-refractivity contribution in [2.75, 3.05) is 13.2 Å². The second-order valence-electron chi connectivity index (χ2n) is 14.0. The van der Waals surface area contributed by atoms with Gasteiger partial charge in [-0.3, -0.25) is 9.59 Å². The van der Waals surface area contributed by atoms with Crippen molar-refractivity contribution >= 4 is 5.97 Å². The number of ether oxygens (including phenoxy) is 2. The Morgan fingerprint density at radius 2 is 1.30 bits per heavy atom. The Labute approximate surface area is 279 Å². The van der Waals surface area contributed by atoms with Gasteiger partial charge in [0.15, 0.2) is 0 Å². The number of benzene rings is 1. The van der Waals surface area contributed by atoms with Gasteiger partial charge >= 0.3 is 5.97 Å². The summed E-state index contributed by atoms with van der Waals surface area (Å²) < 4.78 is 15.5. The monoisotopic (exact) mass is 636 g/mol. The molecule has 0 atom stereocenters. The highest BCUT2D eigenvalue weighted by molar-refractivity contribution is 5.82. The summed E-state index contributed by atoms with van der Waals surface area (Å²) >= 11 is 0. The number of hydrogen-bond donors (Lipinski definition) is 0. The topological polar surface area (TPSA) is 62.5 Å². The second-order valence-corrected chi connectivity index (χ2v) is 14.0. The molecule has 0 N–H and O–H groups in total. The minimum atomic E-state index is -0.647. The number of nitrogens with zero attached hydrogens (tertiary/aromatic N) is 2. The first-order valence-electron chi connectivity index (χ1n) is 18.7. The minimum Gasteiger partial charge on any atom is -0.407 e. The number of esters is 1. The van der Waals surface area contributed by atoms with E-state index < -0.39 is 5.41 Å². The average Bonchev–Trinajstić information content (AvgIpc) is 3.17. The highest BCUT2D eigenvalue weighted by Gasteiger charge is 2.34. The summed E-state index contributed by atoms with van der Waals surface area (Å²) in [7, 11) is 0. The number of hydrogen-bond acceptors (Lipinski definition) is 4. The van der Waals surface area contributed by atoms with E-state index in [0.717, 1.165) is 48.8 Å². The summed E-state index contributed by atoms with van der Waals surface area (Å²) in [4.78, 5) is 27.7. The van der Waals surface area contributed by atoms with Crippen molar-refractivity contribution in [3.05, 3.63) is 51.3 Å². The molecule has 1 aliphatic rings. The van der Waals surface area contributed by atoms with Crippen LogP contribution in [0.4, 0.5) is 0 Å². The Hall–Kier alpha value is -2.60. The molecule has 3 rings (SSSR count). The molecule has 6 nitrogen and oxygen atoms in total. The molecule has 0 spiro atoms. The molecule has 0 bridgehead atoms. The lowest BCUT2D eigenvalue weighted by molar-refractivity contribution is -0.145. The third-order valence-electron chi connectivity index (χ3n) is 9.60. The predicted octanol–water partition coefficient (Wildman–Crippen LogP) is 10.1. The van der Waals surface area contributed by atoms with Crippen molar-refractivity contribution in [3.63, 3.8) is 0 Å². The lowest BCUT2D eigenvalue weighted by atomic mass is 9.86. The van der Waals surface area contributed by atoms with Crippen LogP contribution in [0.25, 0.3) is 11.1 Å². The zero-order valence-corrected chi connectivity index (χ0v) is 30.2. The largest absolute Gasteiger partial charge is 0.407 e. The van der Waals surface area contributed by atoms with Crippen molar-refractivity contribution in [1.82, 2.24) is 9.36 Å². The summed E-state index contributed by atoms with van der Waals surface area (Å²) in [5.41, 5.74) is 4.13. The Morgan fingerprint density at radius 1 is 0.783 bits per heavy atom. The smallest absolute Gasteiger partial charge is 0.318 e. The molecule has 2 aromatic rings. The van der Waals surface area contributed by atoms with Gasteiger partial charge in [0.2, 0.25) is 5.88 Å². The highest BCUT2D eigenvalue weighted by Crippen LogP contribution is 2.37. The van der Waals surface area contributed by atoms with E-state index in [2.05, 4.69) is 52.0 Å². The van der Waals surface area contributed by atoms with Crippen molar-refractivity contribution in [2.24, 2.45) is 5.41 Å². The van der Waals surface area contributed by atoms with Crippen LogP contribution >= 0.6 is 0 Å². The average molecular weight is 637 g/mol. The number of allylic oxidation sites excluding steroid dienone is 2. The Morgan fingerprint density at radius 3 is 1.87 bits per heavy atom. The molecule has 0 saturated heterocycles. The lowest BCUT2D eigenvalue weighted by Gasteiger charge is -2.23. The molecule has 6 heteroatoms. The second kappa shape index (κ2) is 19.9. The van der Waals surface area contributed by atoms with Crippen LogP contribution in [0.2, 0.25) is 0 Å². The van der Waals surface area contributed by atoms with Gasteiger partial charge in [-0.1, -0.05) is 115 Å². The number of aromatic nitrogens is 2. The van der Waals surface area contributed by atoms with E-state index in [1.807, 2.05) is 18.5 Å². The fourth-order valence-electron chi connectivity index (χ4n) is 6.70. The molecule has 0 radical (unpaired) electrons. The van der Waals surface area contributed by atoms with E-state index in [1.165, 1.54) is 82.6 Å². The lowest BCUT2D eigenvalue weighted by Crippen LogP contribution is -2.30. The molecule has 1 aromatic carbocycles. The van der Waals surface area contributed by atoms with Gasteiger partial charge in [0.1, 0.15) is 5.56 Å². The summed E-state index contributed by atoms with van der Waals surface area (Å²) in [6, 6.07) is 4.32. The van der Waals surface area contributed by atoms with Gasteiger partial charge in [-0.25, -0.2) is 9.36 Å². The van der Waals surface area contributed by atoms with Gasteiger partial charge < -0.3 is 9.47 Å². The highest BCUT2D eigenvalue weighted by atomic mass is 16.5. The molecule has 0 saturated carbocycles. The molecule has 0 amide bonds. The van der Waals surface area contributed by atoms with Crippen LogP contribution in [0, 0.1) is 12.3 Å². The van der Waals surface area contributed by atoms with Crippen LogP contribution in [0.3, 0.4) is 0 Å². The normalized spacial score (nSPS) is 13.7. The third-order valence-corrected chi connectivity index (χ3v) is 9.60. The molecule has 0 unspecified atom stereocenters. The zero-order chi connectivity index (χ0) is 33.4. The van der Waals surface area contributed by atoms with E-state index >= 15 is 0 Å². The number of carbonyl (C=O) groups excluding carboxylic acids is 1. The zero-order valence-electron chi connectivity index (χ0n) is 30.2. The van der Waals surface area contributed by atoms with Crippen molar-refractivity contribution in [1.29, 1.82) is 0 Å². The standard InChI is InChI=1S/C40H64N2O4/c1-7-10-11-12-13-14-15-16-17-18-19-20-21-22-23-24-25-40(5,6)39(44)46-38-36(37(43)41-26-28-45-29-27-42(38)41)35-33(8-2)30-32(4)31-34(35)9-3/h16-17,30-31H,7-15,18-29H2,1-6H3/b17-16-. The van der Waals surface area contributed by atoms with Gasteiger partial charge in [-0.2, -0.15) is 0 Å². The molecule has 0 aliphatic carbocycles. The fourth-order valence-corrected chi connectivity index (χ4v) is 6.70. The Kier molecular flexibility index (Phi) is 16.4. The first-order valence-corrected chi connectivity index (χ1v) is 18.7. The van der Waals surface area contributed by atoms with Crippen molar-refractivity contribution in [2.45, 2.75) is 164 Å². The van der Waals surface area contributed by atoms with Crippen molar-refractivity contribution in [3.8, 4) is 17.0 Å². The maximum absolute atomic E-state index is 14.0. The van der Waals surface area contributed by atoms with Crippen molar-refractivity contribution < 1.29 is 14.3 Å². The van der Waals surface area contributed by atoms with Gasteiger partial charge in [-0.15, -0.1) is 0 Å². The van der Waals surface area contributed by atoms with Gasteiger partial charge in [-0.05, 0) is 82.4 Å². The molecule has 258 valence electrons.